The van der Waals surface area contributed by atoms with Crippen molar-refractivity contribution in [1.29, 1.82) is 0 Å². The maximum absolute atomic E-state index is 11.1. The fourth-order valence-electron chi connectivity index (χ4n) is 0.861. The molecule has 3 nitrogen and oxygen atoms in total. The van der Waals surface area contributed by atoms with E-state index in [2.05, 4.69) is 4.74 Å². The molecule has 0 aliphatic carbocycles. The van der Waals surface area contributed by atoms with Crippen LogP contribution in [0.2, 0.25) is 0 Å². The SMILES string of the molecule is CCC(Cl)CC(=O)OC(=O)CC(Cl)CC. The molecule has 88 valence electrons. The third kappa shape index (κ3) is 7.63. The minimum absolute atomic E-state index is 0.0584. The lowest BCUT2D eigenvalue weighted by atomic mass is 10.2. The Morgan fingerprint density at radius 2 is 1.33 bits per heavy atom. The van der Waals surface area contributed by atoms with E-state index in [1.807, 2.05) is 13.8 Å². The van der Waals surface area contributed by atoms with Gasteiger partial charge < -0.3 is 4.74 Å². The summed E-state index contributed by atoms with van der Waals surface area (Å²) >= 11 is 11.5. The van der Waals surface area contributed by atoms with Gasteiger partial charge in [-0.25, -0.2) is 0 Å². The lowest BCUT2D eigenvalue weighted by molar-refractivity contribution is -0.159. The van der Waals surface area contributed by atoms with Crippen LogP contribution in [0.3, 0.4) is 0 Å². The van der Waals surface area contributed by atoms with E-state index in [9.17, 15) is 9.59 Å². The van der Waals surface area contributed by atoms with Crippen molar-refractivity contribution in [2.75, 3.05) is 0 Å². The second kappa shape index (κ2) is 7.94. The van der Waals surface area contributed by atoms with Gasteiger partial charge in [-0.05, 0) is 12.8 Å². The van der Waals surface area contributed by atoms with Gasteiger partial charge in [0.25, 0.3) is 0 Å². The van der Waals surface area contributed by atoms with Gasteiger partial charge in [0.2, 0.25) is 0 Å². The molecule has 0 saturated heterocycles. The number of carbonyl (C=O) groups excluding carboxylic acids is 2. The highest BCUT2D eigenvalue weighted by Crippen LogP contribution is 2.10. The van der Waals surface area contributed by atoms with Crippen molar-refractivity contribution in [2.45, 2.75) is 50.3 Å². The van der Waals surface area contributed by atoms with Crippen molar-refractivity contribution >= 4 is 35.1 Å². The summed E-state index contributed by atoms with van der Waals surface area (Å²) in [6.45, 7) is 3.72. The quantitative estimate of drug-likeness (QED) is 0.416. The molecule has 0 N–H and O–H groups in total. The van der Waals surface area contributed by atoms with Crippen LogP contribution in [0.4, 0.5) is 0 Å². The summed E-state index contributed by atoms with van der Waals surface area (Å²) in [5, 5.41) is -0.549. The van der Waals surface area contributed by atoms with E-state index < -0.39 is 11.9 Å². The Morgan fingerprint density at radius 1 is 1.00 bits per heavy atom. The summed E-state index contributed by atoms with van der Waals surface area (Å²) in [6.07, 6.45) is 1.45. The maximum atomic E-state index is 11.1. The number of alkyl halides is 2. The molecule has 0 fully saturated rings. The molecule has 5 heteroatoms. The topological polar surface area (TPSA) is 43.4 Å². The van der Waals surface area contributed by atoms with Gasteiger partial charge in [0.1, 0.15) is 0 Å². The minimum Gasteiger partial charge on any atom is -0.393 e. The first kappa shape index (κ1) is 14.7. The van der Waals surface area contributed by atoms with Crippen LogP contribution in [-0.4, -0.2) is 22.7 Å². The average molecular weight is 255 g/mol. The molecule has 0 aromatic rings. The van der Waals surface area contributed by atoms with Crippen LogP contribution in [0.1, 0.15) is 39.5 Å². The molecule has 0 aliphatic rings. The molecule has 0 amide bonds. The van der Waals surface area contributed by atoms with Crippen LogP contribution in [0.25, 0.3) is 0 Å². The Balaban J connectivity index is 3.81. The van der Waals surface area contributed by atoms with Crippen molar-refractivity contribution < 1.29 is 14.3 Å². The van der Waals surface area contributed by atoms with Crippen LogP contribution < -0.4 is 0 Å². The summed E-state index contributed by atoms with van der Waals surface area (Å²) in [6, 6.07) is 0. The number of ether oxygens (including phenoxy) is 1. The van der Waals surface area contributed by atoms with Gasteiger partial charge in [-0.3, -0.25) is 9.59 Å². The van der Waals surface area contributed by atoms with E-state index in [0.29, 0.717) is 12.8 Å². The largest absolute Gasteiger partial charge is 0.393 e. The first-order chi connectivity index (χ1) is 6.99. The van der Waals surface area contributed by atoms with Crippen LogP contribution in [0.5, 0.6) is 0 Å². The zero-order chi connectivity index (χ0) is 11.8. The van der Waals surface area contributed by atoms with Crippen molar-refractivity contribution in [3.63, 3.8) is 0 Å². The van der Waals surface area contributed by atoms with Crippen molar-refractivity contribution in [2.24, 2.45) is 0 Å². The van der Waals surface area contributed by atoms with E-state index in [0.717, 1.165) is 0 Å². The van der Waals surface area contributed by atoms with Gasteiger partial charge in [0.05, 0.1) is 12.8 Å². The van der Waals surface area contributed by atoms with Gasteiger partial charge in [-0.2, -0.15) is 0 Å². The Kier molecular flexibility index (Phi) is 7.79. The minimum atomic E-state index is -0.582. The summed E-state index contributed by atoms with van der Waals surface area (Å²) < 4.78 is 4.55. The normalized spacial score (nSPS) is 14.4. The van der Waals surface area contributed by atoms with Gasteiger partial charge >= 0.3 is 11.9 Å². The fraction of sp³-hybridized carbons (Fsp3) is 0.800. The van der Waals surface area contributed by atoms with E-state index in [1.54, 1.807) is 0 Å². The maximum Gasteiger partial charge on any atom is 0.314 e. The summed E-state index contributed by atoms with van der Waals surface area (Å²) in [7, 11) is 0. The van der Waals surface area contributed by atoms with Crippen LogP contribution in [0, 0.1) is 0 Å². The molecule has 0 radical (unpaired) electrons. The first-order valence-corrected chi connectivity index (χ1v) is 5.88. The Bertz CT molecular complexity index is 197. The highest BCUT2D eigenvalue weighted by molar-refractivity contribution is 6.22. The van der Waals surface area contributed by atoms with E-state index in [4.69, 9.17) is 23.2 Å². The predicted molar refractivity (Wildman–Crippen MR) is 60.2 cm³/mol. The lowest BCUT2D eigenvalue weighted by Gasteiger charge is -2.07. The molecule has 0 spiro atoms. The highest BCUT2D eigenvalue weighted by atomic mass is 35.5. The molecule has 0 aliphatic heterocycles. The van der Waals surface area contributed by atoms with Crippen molar-refractivity contribution in [3.8, 4) is 0 Å². The van der Waals surface area contributed by atoms with Crippen LogP contribution in [0.15, 0.2) is 0 Å². The molecular weight excluding hydrogens is 239 g/mol. The zero-order valence-electron chi connectivity index (χ0n) is 8.96. The van der Waals surface area contributed by atoms with E-state index in [-0.39, 0.29) is 23.6 Å². The second-order valence-electron chi connectivity index (χ2n) is 3.27. The van der Waals surface area contributed by atoms with Crippen LogP contribution >= 0.6 is 23.2 Å². The number of esters is 2. The number of halogens is 2. The molecule has 2 unspecified atom stereocenters. The van der Waals surface area contributed by atoms with Gasteiger partial charge in [0.15, 0.2) is 0 Å². The molecule has 15 heavy (non-hydrogen) atoms. The Labute approximate surface area is 100 Å². The molecular formula is C10H16Cl2O3. The molecule has 0 bridgehead atoms. The molecule has 0 aromatic heterocycles. The third-order valence-corrected chi connectivity index (χ3v) is 2.82. The van der Waals surface area contributed by atoms with Crippen LogP contribution in [-0.2, 0) is 14.3 Å². The van der Waals surface area contributed by atoms with Gasteiger partial charge in [-0.15, -0.1) is 23.2 Å². The van der Waals surface area contributed by atoms with E-state index in [1.165, 1.54) is 0 Å². The standard InChI is InChI=1S/C10H16Cl2O3/c1-3-7(11)5-9(13)15-10(14)6-8(12)4-2/h7-8H,3-6H2,1-2H3. The third-order valence-electron chi connectivity index (χ3n) is 1.89. The smallest absolute Gasteiger partial charge is 0.314 e. The number of hydrogen-bond donors (Lipinski definition) is 0. The van der Waals surface area contributed by atoms with Gasteiger partial charge in [0, 0.05) is 10.8 Å². The number of hydrogen-bond acceptors (Lipinski definition) is 3. The molecule has 2 atom stereocenters. The average Bonchev–Trinajstić information content (AvgIpc) is 2.16. The zero-order valence-corrected chi connectivity index (χ0v) is 10.5. The molecule has 0 aromatic carbocycles. The van der Waals surface area contributed by atoms with Gasteiger partial charge in [-0.1, -0.05) is 13.8 Å². The van der Waals surface area contributed by atoms with E-state index >= 15 is 0 Å². The first-order valence-electron chi connectivity index (χ1n) is 5.01. The Hall–Kier alpha value is -0.280. The number of rotatable bonds is 6. The summed E-state index contributed by atoms with van der Waals surface area (Å²) in [5.41, 5.74) is 0. The number of carbonyl (C=O) groups is 2. The molecule has 0 saturated carbocycles. The Morgan fingerprint density at radius 3 is 1.60 bits per heavy atom. The molecule has 0 rings (SSSR count). The second-order valence-corrected chi connectivity index (χ2v) is 4.50. The summed E-state index contributed by atoms with van der Waals surface area (Å²) in [5.74, 6) is -1.16. The predicted octanol–water partition coefficient (Wildman–Crippen LogP) is 2.87. The monoisotopic (exact) mass is 254 g/mol. The fourth-order valence-corrected chi connectivity index (χ4v) is 1.11. The summed E-state index contributed by atoms with van der Waals surface area (Å²) in [4.78, 5) is 22.2. The lowest BCUT2D eigenvalue weighted by Crippen LogP contribution is -2.18. The molecule has 0 heterocycles. The van der Waals surface area contributed by atoms with Crippen molar-refractivity contribution in [1.82, 2.24) is 0 Å². The van der Waals surface area contributed by atoms with Crippen molar-refractivity contribution in [3.05, 3.63) is 0 Å². The highest BCUT2D eigenvalue weighted by Gasteiger charge is 2.16.